The number of fused-ring (bicyclic) bond motifs is 1. The number of benzene rings is 1. The van der Waals surface area contributed by atoms with Crippen LogP contribution in [0.1, 0.15) is 88.6 Å². The summed E-state index contributed by atoms with van der Waals surface area (Å²) in [5.74, 6) is 2.44. The molecule has 0 aliphatic carbocycles. The molecule has 2 heterocycles. The van der Waals surface area contributed by atoms with E-state index in [1.165, 1.54) is 6.20 Å². The fraction of sp³-hybridized carbons (Fsp3) is 0.433. The Morgan fingerprint density at radius 2 is 1.70 bits per heavy atom. The number of H-pyrrole nitrogens is 1. The van der Waals surface area contributed by atoms with Crippen LogP contribution in [0.2, 0.25) is 16.6 Å². The van der Waals surface area contributed by atoms with E-state index < -0.39 is 25.6 Å². The van der Waals surface area contributed by atoms with Crippen molar-refractivity contribution in [2.45, 2.75) is 84.5 Å². The van der Waals surface area contributed by atoms with Crippen LogP contribution >= 0.6 is 0 Å². The van der Waals surface area contributed by atoms with Crippen LogP contribution in [0, 0.1) is 17.5 Å². The minimum Gasteiger partial charge on any atom is -0.456 e. The highest BCUT2D eigenvalue weighted by Gasteiger charge is 2.41. The lowest BCUT2D eigenvalue weighted by atomic mass is 10.0. The van der Waals surface area contributed by atoms with E-state index in [0.29, 0.717) is 55.6 Å². The highest BCUT2D eigenvalue weighted by atomic mass is 28.3. The Morgan fingerprint density at radius 1 is 1.08 bits per heavy atom. The molecule has 0 fully saturated rings. The van der Waals surface area contributed by atoms with E-state index in [-0.39, 0.29) is 0 Å². The lowest BCUT2D eigenvalue weighted by molar-refractivity contribution is 0.00694. The molecule has 0 unspecified atom stereocenters. The number of nitrogens with two attached hydrogens (primary N) is 1. The van der Waals surface area contributed by atoms with Crippen molar-refractivity contribution >= 4 is 31.0 Å². The van der Waals surface area contributed by atoms with Crippen molar-refractivity contribution in [3.63, 3.8) is 0 Å². The summed E-state index contributed by atoms with van der Waals surface area (Å²) in [6, 6.07) is 10.2. The van der Waals surface area contributed by atoms with Crippen LogP contribution in [0.3, 0.4) is 0 Å². The zero-order valence-electron chi connectivity index (χ0n) is 23.4. The lowest BCUT2D eigenvalue weighted by Crippen LogP contribution is -2.43. The molecule has 0 saturated heterocycles. The number of amides is 1. The summed E-state index contributed by atoms with van der Waals surface area (Å²) in [7, 11) is -2.05. The summed E-state index contributed by atoms with van der Waals surface area (Å²) in [4.78, 5) is 32.7. The van der Waals surface area contributed by atoms with Gasteiger partial charge in [-0.1, -0.05) is 53.5 Å². The van der Waals surface area contributed by atoms with Gasteiger partial charge < -0.3 is 15.5 Å². The maximum Gasteiger partial charge on any atom is 0.338 e. The number of hydrogen-bond acceptors (Lipinski definition) is 4. The molecule has 1 radical (unpaired) electrons. The number of nitrogens with one attached hydrogen (secondary N) is 1. The first-order valence-electron chi connectivity index (χ1n) is 12.8. The number of carbonyl (C=O) groups excluding carboxylic acids is 2. The van der Waals surface area contributed by atoms with Gasteiger partial charge in [-0.25, -0.2) is 9.78 Å². The predicted octanol–water partition coefficient (Wildman–Crippen LogP) is 6.65. The smallest absolute Gasteiger partial charge is 0.338 e. The third kappa shape index (κ3) is 5.80. The minimum absolute atomic E-state index is 0.302. The summed E-state index contributed by atoms with van der Waals surface area (Å²) in [6.07, 6.45) is 1.49. The van der Waals surface area contributed by atoms with Crippen LogP contribution < -0.4 is 5.73 Å². The molecule has 0 aliphatic rings. The Morgan fingerprint density at radius 3 is 2.24 bits per heavy atom. The average molecular weight is 517 g/mol. The maximum atomic E-state index is 12.6. The van der Waals surface area contributed by atoms with E-state index in [1.54, 1.807) is 18.2 Å². The molecule has 0 saturated carbocycles. The first-order valence-corrected chi connectivity index (χ1v) is 15.0. The average Bonchev–Trinajstić information content (AvgIpc) is 3.22. The Kier molecular flexibility index (Phi) is 8.04. The van der Waals surface area contributed by atoms with Gasteiger partial charge in [0, 0.05) is 28.4 Å². The van der Waals surface area contributed by atoms with Gasteiger partial charge in [-0.3, -0.25) is 4.79 Å². The quantitative estimate of drug-likeness (QED) is 0.218. The highest BCUT2D eigenvalue weighted by Crippen LogP contribution is 2.41. The molecule has 2 aromatic heterocycles. The fourth-order valence-electron chi connectivity index (χ4n) is 5.23. The Hall–Kier alpha value is -3.37. The van der Waals surface area contributed by atoms with Crippen molar-refractivity contribution in [2.75, 3.05) is 0 Å². The first-order chi connectivity index (χ1) is 17.2. The maximum absolute atomic E-state index is 12.6. The van der Waals surface area contributed by atoms with E-state index >= 15 is 0 Å². The van der Waals surface area contributed by atoms with E-state index in [2.05, 4.69) is 69.0 Å². The Labute approximate surface area is 221 Å². The van der Waals surface area contributed by atoms with Crippen LogP contribution in [0.4, 0.5) is 0 Å². The molecule has 3 N–H and O–H groups in total. The second-order valence-corrected chi connectivity index (χ2v) is 17.1. The molecule has 195 valence electrons. The van der Waals surface area contributed by atoms with E-state index in [0.717, 1.165) is 0 Å². The van der Waals surface area contributed by atoms with Crippen molar-refractivity contribution in [3.05, 3.63) is 53.2 Å². The highest BCUT2D eigenvalue weighted by molar-refractivity contribution is 6.90. The number of esters is 1. The van der Waals surface area contributed by atoms with Crippen molar-refractivity contribution in [1.29, 1.82) is 0 Å². The number of carbonyl (C=O) groups is 2. The van der Waals surface area contributed by atoms with E-state index in [1.807, 2.05) is 26.8 Å². The topological polar surface area (TPSA) is 98.1 Å². The summed E-state index contributed by atoms with van der Waals surface area (Å²) in [6.45, 7) is 19.0. The van der Waals surface area contributed by atoms with E-state index in [4.69, 9.17) is 10.5 Å². The summed E-state index contributed by atoms with van der Waals surface area (Å²) >= 11 is 0. The van der Waals surface area contributed by atoms with Gasteiger partial charge in [0.05, 0.1) is 11.1 Å². The summed E-state index contributed by atoms with van der Waals surface area (Å²) in [5.41, 5.74) is 13.5. The normalized spacial score (nSPS) is 12.2. The van der Waals surface area contributed by atoms with Gasteiger partial charge in [-0.15, -0.1) is 5.54 Å². The number of aromatic amines is 1. The molecular formula is C30H38N3O3Si. The second kappa shape index (κ2) is 10.5. The third-order valence-electron chi connectivity index (χ3n) is 6.92. The molecule has 6 nitrogen and oxygen atoms in total. The molecule has 0 spiro atoms. The summed E-state index contributed by atoms with van der Waals surface area (Å²) in [5, 5.41) is 0.717. The number of pyridine rings is 1. The van der Waals surface area contributed by atoms with Crippen LogP contribution in [-0.2, 0) is 4.74 Å². The van der Waals surface area contributed by atoms with Crippen LogP contribution in [0.5, 0.6) is 0 Å². The molecular weight excluding hydrogens is 478 g/mol. The van der Waals surface area contributed by atoms with Crippen LogP contribution in [-0.4, -0.2) is 35.5 Å². The largest absolute Gasteiger partial charge is 0.456 e. The van der Waals surface area contributed by atoms with Gasteiger partial charge in [0.2, 0.25) is 0 Å². The number of ether oxygens (including phenoxy) is 1. The number of nitrogens with zero attached hydrogens (tertiary/aromatic N) is 1. The van der Waals surface area contributed by atoms with Crippen LogP contribution in [0.15, 0.2) is 30.5 Å². The van der Waals surface area contributed by atoms with Gasteiger partial charge >= 0.3 is 5.97 Å². The molecule has 3 rings (SSSR count). The van der Waals surface area contributed by atoms with Gasteiger partial charge in [-0.05, 0) is 61.7 Å². The molecule has 7 heteroatoms. The third-order valence-corrected chi connectivity index (χ3v) is 13.2. The Balaban J connectivity index is 2.19. The number of primary amides is 1. The van der Waals surface area contributed by atoms with E-state index in [9.17, 15) is 9.59 Å². The van der Waals surface area contributed by atoms with Crippen LogP contribution in [0.25, 0.3) is 22.3 Å². The van der Waals surface area contributed by atoms with Crippen molar-refractivity contribution in [2.24, 2.45) is 5.73 Å². The molecule has 0 atom stereocenters. The van der Waals surface area contributed by atoms with Gasteiger partial charge in [0.1, 0.15) is 19.3 Å². The zero-order chi connectivity index (χ0) is 27.7. The zero-order valence-corrected chi connectivity index (χ0v) is 24.4. The van der Waals surface area contributed by atoms with Crippen molar-refractivity contribution in [1.82, 2.24) is 9.97 Å². The number of hydrogen-bond donors (Lipinski definition) is 2. The predicted molar refractivity (Wildman–Crippen MR) is 152 cm³/mol. The monoisotopic (exact) mass is 516 g/mol. The van der Waals surface area contributed by atoms with Gasteiger partial charge in [0.15, 0.2) is 0 Å². The SMILES string of the molecule is CC(C)[Si](C#Cc1c(C(N)=O)cnc2[nH]c(-c3[c]ccc(C(=O)OC(C)(C)C)c3)cc12)(C(C)C)C(C)C. The first kappa shape index (κ1) is 28.2. The number of rotatable bonds is 6. The molecule has 37 heavy (non-hydrogen) atoms. The van der Waals surface area contributed by atoms with Gasteiger partial charge in [-0.2, -0.15) is 0 Å². The molecule has 0 aliphatic heterocycles. The standard InChI is InChI=1S/C30H38N3O3Si/c1-18(2)37(19(3)4,20(5)6)14-13-23-24-16-26(33-28(24)32-17-25(23)27(31)34)21-11-10-12-22(15-21)29(35)36-30(7,8)9/h10,12,15-20H,1-9H3,(H2,31,34)(H,32,33). The minimum atomic E-state index is -2.05. The lowest BCUT2D eigenvalue weighted by Gasteiger charge is -2.38. The molecule has 1 aromatic carbocycles. The second-order valence-electron chi connectivity index (χ2n) is 11.5. The Bertz CT molecular complexity index is 1360. The molecule has 0 bridgehead atoms. The molecule has 1 amide bonds. The van der Waals surface area contributed by atoms with Crippen molar-refractivity contribution < 1.29 is 14.3 Å². The van der Waals surface area contributed by atoms with Crippen molar-refractivity contribution in [3.8, 4) is 22.7 Å². The van der Waals surface area contributed by atoms with Gasteiger partial charge in [0.25, 0.3) is 5.91 Å². The number of aromatic nitrogens is 2. The fourth-order valence-corrected chi connectivity index (χ4v) is 10.4. The molecule has 3 aromatic rings. The summed E-state index contributed by atoms with van der Waals surface area (Å²) < 4.78 is 5.52.